The first-order valence-electron chi connectivity index (χ1n) is 9.33. The van der Waals surface area contributed by atoms with Crippen LogP contribution >= 0.6 is 11.6 Å². The van der Waals surface area contributed by atoms with Crippen LogP contribution in [0.3, 0.4) is 0 Å². The van der Waals surface area contributed by atoms with E-state index in [-0.39, 0.29) is 12.2 Å². The quantitative estimate of drug-likeness (QED) is 0.867. The molecule has 1 aromatic rings. The summed E-state index contributed by atoms with van der Waals surface area (Å²) in [4.78, 5) is 15.9. The molecule has 2 atom stereocenters. The molecule has 26 heavy (non-hydrogen) atoms. The second kappa shape index (κ2) is 8.93. The van der Waals surface area contributed by atoms with Gasteiger partial charge in [0.25, 0.3) is 0 Å². The van der Waals surface area contributed by atoms with Gasteiger partial charge in [0.1, 0.15) is 18.0 Å². The SMILES string of the molecule is CCOC(=O)N1CCC(N2CC[C@@H](Oc3ccc(Cl)cc3)[C@H](O)C2)CC1. The molecular formula is C19H27ClN2O4. The van der Waals surface area contributed by atoms with Crippen LogP contribution in [0.2, 0.25) is 5.02 Å². The molecule has 0 aromatic heterocycles. The van der Waals surface area contributed by atoms with Gasteiger partial charge in [0.2, 0.25) is 0 Å². The monoisotopic (exact) mass is 382 g/mol. The van der Waals surface area contributed by atoms with Gasteiger partial charge in [-0.05, 0) is 50.5 Å². The number of halogens is 1. The minimum Gasteiger partial charge on any atom is -0.488 e. The summed E-state index contributed by atoms with van der Waals surface area (Å²) in [7, 11) is 0. The Morgan fingerprint density at radius 2 is 1.88 bits per heavy atom. The predicted molar refractivity (Wildman–Crippen MR) is 99.7 cm³/mol. The molecule has 3 rings (SSSR count). The first kappa shape index (κ1) is 19.3. The van der Waals surface area contributed by atoms with E-state index in [1.54, 1.807) is 17.0 Å². The standard InChI is InChI=1S/C19H27ClN2O4/c1-2-25-19(24)21-10-7-15(8-11-21)22-12-9-18(17(23)13-22)26-16-5-3-14(20)4-6-16/h3-6,15,17-18,23H,2,7-13H2,1H3/t17-,18-/m1/s1. The van der Waals surface area contributed by atoms with Crippen LogP contribution in [-0.2, 0) is 4.74 Å². The number of amides is 1. The van der Waals surface area contributed by atoms with E-state index in [0.717, 1.165) is 31.6 Å². The second-order valence-corrected chi connectivity index (χ2v) is 7.31. The van der Waals surface area contributed by atoms with Gasteiger partial charge in [-0.1, -0.05) is 11.6 Å². The molecule has 0 spiro atoms. The summed E-state index contributed by atoms with van der Waals surface area (Å²) < 4.78 is 11.0. The number of piperidine rings is 2. The van der Waals surface area contributed by atoms with E-state index in [1.807, 2.05) is 19.1 Å². The molecule has 2 heterocycles. The Hall–Kier alpha value is -1.50. The maximum atomic E-state index is 11.8. The van der Waals surface area contributed by atoms with Crippen LogP contribution in [0.25, 0.3) is 0 Å². The van der Waals surface area contributed by atoms with Crippen LogP contribution in [-0.4, -0.2) is 72.0 Å². The van der Waals surface area contributed by atoms with Crippen molar-refractivity contribution in [1.29, 1.82) is 0 Å². The molecular weight excluding hydrogens is 356 g/mol. The largest absolute Gasteiger partial charge is 0.488 e. The summed E-state index contributed by atoms with van der Waals surface area (Å²) >= 11 is 5.89. The lowest BCUT2D eigenvalue weighted by Crippen LogP contribution is -2.55. The van der Waals surface area contributed by atoms with Gasteiger partial charge in [-0.25, -0.2) is 4.79 Å². The molecule has 1 N–H and O–H groups in total. The van der Waals surface area contributed by atoms with Crippen molar-refractivity contribution in [2.75, 3.05) is 32.8 Å². The minimum absolute atomic E-state index is 0.202. The molecule has 2 aliphatic rings. The average molecular weight is 383 g/mol. The van der Waals surface area contributed by atoms with E-state index in [2.05, 4.69) is 4.90 Å². The van der Waals surface area contributed by atoms with Crippen molar-refractivity contribution < 1.29 is 19.4 Å². The summed E-state index contributed by atoms with van der Waals surface area (Å²) in [5, 5.41) is 11.2. The Morgan fingerprint density at radius 3 is 2.50 bits per heavy atom. The Morgan fingerprint density at radius 1 is 1.19 bits per heavy atom. The van der Waals surface area contributed by atoms with Crippen molar-refractivity contribution in [3.63, 3.8) is 0 Å². The fourth-order valence-electron chi connectivity index (χ4n) is 3.72. The normalized spacial score (nSPS) is 25.1. The number of β-amino-alcohol motifs (C(OH)–C–C–N with tert-alkyl or cyclic N) is 1. The fourth-order valence-corrected chi connectivity index (χ4v) is 3.85. The first-order chi connectivity index (χ1) is 12.6. The Balaban J connectivity index is 1.47. The van der Waals surface area contributed by atoms with Crippen molar-refractivity contribution in [3.8, 4) is 5.75 Å². The molecule has 2 saturated heterocycles. The number of aliphatic hydroxyl groups is 1. The summed E-state index contributed by atoms with van der Waals surface area (Å²) in [5.74, 6) is 0.731. The number of ether oxygens (including phenoxy) is 2. The first-order valence-corrected chi connectivity index (χ1v) is 9.70. The zero-order chi connectivity index (χ0) is 18.5. The summed E-state index contributed by atoms with van der Waals surface area (Å²) in [6.45, 7) is 5.14. The summed E-state index contributed by atoms with van der Waals surface area (Å²) in [6, 6.07) is 7.62. The number of hydrogen-bond donors (Lipinski definition) is 1. The van der Waals surface area contributed by atoms with Crippen LogP contribution in [0, 0.1) is 0 Å². The number of hydrogen-bond acceptors (Lipinski definition) is 5. The van der Waals surface area contributed by atoms with Crippen molar-refractivity contribution >= 4 is 17.7 Å². The molecule has 7 heteroatoms. The lowest BCUT2D eigenvalue weighted by molar-refractivity contribution is -0.0443. The van der Waals surface area contributed by atoms with Crippen molar-refractivity contribution in [2.45, 2.75) is 44.4 Å². The van der Waals surface area contributed by atoms with Gasteiger partial charge in [-0.2, -0.15) is 0 Å². The highest BCUT2D eigenvalue weighted by molar-refractivity contribution is 6.30. The van der Waals surface area contributed by atoms with Crippen LogP contribution in [0.1, 0.15) is 26.2 Å². The zero-order valence-electron chi connectivity index (χ0n) is 15.1. The predicted octanol–water partition coefficient (Wildman–Crippen LogP) is 2.77. The maximum Gasteiger partial charge on any atom is 0.409 e. The van der Waals surface area contributed by atoms with E-state index < -0.39 is 6.10 Å². The Labute approximate surface area is 159 Å². The molecule has 0 radical (unpaired) electrons. The topological polar surface area (TPSA) is 62.2 Å². The highest BCUT2D eigenvalue weighted by Gasteiger charge is 2.34. The number of aliphatic hydroxyl groups excluding tert-OH is 1. The number of nitrogens with zero attached hydrogens (tertiary/aromatic N) is 2. The third kappa shape index (κ3) is 4.81. The molecule has 2 aliphatic heterocycles. The van der Waals surface area contributed by atoms with Crippen molar-refractivity contribution in [2.24, 2.45) is 0 Å². The van der Waals surface area contributed by atoms with Gasteiger partial charge >= 0.3 is 6.09 Å². The van der Waals surface area contributed by atoms with Gasteiger partial charge in [-0.15, -0.1) is 0 Å². The van der Waals surface area contributed by atoms with Crippen LogP contribution in [0.4, 0.5) is 4.79 Å². The van der Waals surface area contributed by atoms with E-state index in [9.17, 15) is 9.90 Å². The number of carbonyl (C=O) groups excluding carboxylic acids is 1. The number of rotatable bonds is 4. The molecule has 1 aromatic carbocycles. The van der Waals surface area contributed by atoms with Crippen LogP contribution in [0.5, 0.6) is 5.75 Å². The van der Waals surface area contributed by atoms with Gasteiger partial charge < -0.3 is 19.5 Å². The molecule has 144 valence electrons. The number of benzene rings is 1. The molecule has 2 fully saturated rings. The minimum atomic E-state index is -0.525. The second-order valence-electron chi connectivity index (χ2n) is 6.88. The van der Waals surface area contributed by atoms with Gasteiger partial charge in [0.05, 0.1) is 6.61 Å². The highest BCUT2D eigenvalue weighted by Crippen LogP contribution is 2.25. The summed E-state index contributed by atoms with van der Waals surface area (Å²) in [5.41, 5.74) is 0. The highest BCUT2D eigenvalue weighted by atomic mass is 35.5. The van der Waals surface area contributed by atoms with Gasteiger partial charge in [0.15, 0.2) is 0 Å². The van der Waals surface area contributed by atoms with Crippen molar-refractivity contribution in [1.82, 2.24) is 9.80 Å². The van der Waals surface area contributed by atoms with E-state index >= 15 is 0 Å². The maximum absolute atomic E-state index is 11.8. The molecule has 6 nitrogen and oxygen atoms in total. The molecule has 0 bridgehead atoms. The fraction of sp³-hybridized carbons (Fsp3) is 0.632. The van der Waals surface area contributed by atoms with Crippen LogP contribution in [0.15, 0.2) is 24.3 Å². The van der Waals surface area contributed by atoms with E-state index in [1.165, 1.54) is 0 Å². The lowest BCUT2D eigenvalue weighted by Gasteiger charge is -2.43. The number of likely N-dealkylation sites (tertiary alicyclic amines) is 2. The van der Waals surface area contributed by atoms with Crippen LogP contribution < -0.4 is 4.74 Å². The molecule has 1 amide bonds. The number of carbonyl (C=O) groups is 1. The smallest absolute Gasteiger partial charge is 0.409 e. The Kier molecular flexibility index (Phi) is 6.62. The van der Waals surface area contributed by atoms with E-state index in [0.29, 0.717) is 37.3 Å². The van der Waals surface area contributed by atoms with Crippen molar-refractivity contribution in [3.05, 3.63) is 29.3 Å². The molecule has 0 unspecified atom stereocenters. The third-order valence-corrected chi connectivity index (χ3v) is 5.41. The Bertz CT molecular complexity index is 590. The molecule has 0 aliphatic carbocycles. The molecule has 0 saturated carbocycles. The van der Waals surface area contributed by atoms with Gasteiger partial charge in [-0.3, -0.25) is 4.90 Å². The summed E-state index contributed by atoms with van der Waals surface area (Å²) in [6.07, 6.45) is 1.65. The van der Waals surface area contributed by atoms with E-state index in [4.69, 9.17) is 21.1 Å². The lowest BCUT2D eigenvalue weighted by atomic mass is 9.97. The average Bonchev–Trinajstić information content (AvgIpc) is 2.65. The van der Waals surface area contributed by atoms with Gasteiger partial charge in [0, 0.05) is 37.2 Å². The zero-order valence-corrected chi connectivity index (χ0v) is 15.9. The third-order valence-electron chi connectivity index (χ3n) is 5.16.